The number of aryl methyl sites for hydroxylation is 4. The number of hydrogen-bond acceptors (Lipinski definition) is 12. The van der Waals surface area contributed by atoms with E-state index < -0.39 is 41.0 Å². The van der Waals surface area contributed by atoms with Crippen LogP contribution in [0.4, 0.5) is 8.78 Å². The van der Waals surface area contributed by atoms with Gasteiger partial charge in [0.2, 0.25) is 0 Å². The second-order valence-corrected chi connectivity index (χ2v) is 26.7. The summed E-state index contributed by atoms with van der Waals surface area (Å²) in [6.45, 7) is 7.33. The molecule has 0 saturated heterocycles. The maximum absolute atomic E-state index is 14.4. The fourth-order valence-electron chi connectivity index (χ4n) is 12.5. The van der Waals surface area contributed by atoms with Crippen molar-refractivity contribution in [2.24, 2.45) is 36.8 Å². The number of sulfone groups is 2. The van der Waals surface area contributed by atoms with Gasteiger partial charge in [-0.05, 0) is 198 Å². The van der Waals surface area contributed by atoms with Gasteiger partial charge in [-0.3, -0.25) is 28.9 Å². The molecule has 2 aromatic carbocycles. The minimum Gasteiger partial charge on any atom is -0.291 e. The summed E-state index contributed by atoms with van der Waals surface area (Å²) in [4.78, 5) is 38.0. The number of Topliss-reactive ketones (excluding diaryl/α,β-unsaturated/α-hetero) is 2. The monoisotopic (exact) mass is 1120 g/mol. The van der Waals surface area contributed by atoms with E-state index in [0.717, 1.165) is 56.2 Å². The lowest BCUT2D eigenvalue weighted by atomic mass is 9.58. The van der Waals surface area contributed by atoms with Crippen molar-refractivity contribution >= 4 is 43.4 Å². The lowest BCUT2D eigenvalue weighted by molar-refractivity contribution is 0.0748. The first kappa shape index (κ1) is 54.1. The van der Waals surface area contributed by atoms with Crippen LogP contribution < -0.4 is 0 Å². The molecule has 0 unspecified atom stereocenters. The Labute approximate surface area is 463 Å². The molecule has 0 N–H and O–H groups in total. The summed E-state index contributed by atoms with van der Waals surface area (Å²) >= 11 is 0. The van der Waals surface area contributed by atoms with Crippen molar-refractivity contribution in [3.63, 3.8) is 0 Å². The van der Waals surface area contributed by atoms with Gasteiger partial charge in [0.05, 0.1) is 68.9 Å². The standard InChI is InChI=1S/2C30H30FN5O3S/c2*1-19-10-11-32-27(12-19)29(37)30-14-21(20(2)40(38,39)26-17-33-35(3)18-26)4-5-23(30)13-28-22(15-30)16-34-36(28)25-8-6-24(31)7-9-25/h2*6-13,16-18,20-21H,4-5,14-15H2,1-3H3/t20-,21+,30-;20-,21-,30+/m10/s1. The number of pyridine rings is 2. The van der Waals surface area contributed by atoms with Crippen LogP contribution in [0.25, 0.3) is 23.5 Å². The third-order valence-electron chi connectivity index (χ3n) is 17.0. The maximum Gasteiger partial charge on any atom is 0.191 e. The normalized spacial score (nSPS) is 21.3. The summed E-state index contributed by atoms with van der Waals surface area (Å²) in [5.41, 5.74) is 7.60. The summed E-state index contributed by atoms with van der Waals surface area (Å²) in [5.74, 6) is -1.34. The summed E-state index contributed by atoms with van der Waals surface area (Å²) in [6.07, 6.45) is 20.6. The van der Waals surface area contributed by atoms with E-state index in [2.05, 4.69) is 30.4 Å². The molecule has 0 bridgehead atoms. The van der Waals surface area contributed by atoms with Gasteiger partial charge in [0.15, 0.2) is 31.2 Å². The van der Waals surface area contributed by atoms with Gasteiger partial charge in [0.1, 0.15) is 32.8 Å². The molecule has 80 heavy (non-hydrogen) atoms. The van der Waals surface area contributed by atoms with Gasteiger partial charge in [-0.2, -0.15) is 20.4 Å². The van der Waals surface area contributed by atoms with E-state index in [1.807, 2.05) is 38.1 Å². The summed E-state index contributed by atoms with van der Waals surface area (Å²) < 4.78 is 87.9. The topological polar surface area (TPSA) is 199 Å². The highest BCUT2D eigenvalue weighted by molar-refractivity contribution is 7.92. The highest BCUT2D eigenvalue weighted by Crippen LogP contribution is 2.55. The van der Waals surface area contributed by atoms with Gasteiger partial charge in [0.25, 0.3) is 0 Å². The Hall–Kier alpha value is -7.84. The lowest BCUT2D eigenvalue weighted by Gasteiger charge is -2.45. The Morgan fingerprint density at radius 3 is 1.31 bits per heavy atom. The van der Waals surface area contributed by atoms with Crippen LogP contribution in [0.1, 0.15) is 107 Å². The quantitative estimate of drug-likeness (QED) is 0.105. The van der Waals surface area contributed by atoms with Gasteiger partial charge in [0, 0.05) is 38.9 Å². The summed E-state index contributed by atoms with van der Waals surface area (Å²) in [5, 5.41) is 15.9. The predicted molar refractivity (Wildman–Crippen MR) is 296 cm³/mol. The SMILES string of the molecule is Cc1ccnc(C(=O)[C@]23Cc4cnn(-c5ccc(F)cc5)c4C=C2CC[C@H]([C@@H](C)S(=O)(=O)c2cnn(C)c2)C3)c1.Cc1ccnc(C(=O)[C@]23Cc4cnn(-c5ccc(F)cc5)c4C=C2CC[C@H]([C@H](C)S(=O)(=O)c2cnn(C)c2)C3)c1. The summed E-state index contributed by atoms with van der Waals surface area (Å²) in [6, 6.07) is 19.6. The molecule has 16 nitrogen and oxygen atoms in total. The highest BCUT2D eigenvalue weighted by atomic mass is 32.2. The molecule has 8 aromatic rings. The molecule has 4 aliphatic carbocycles. The van der Waals surface area contributed by atoms with Gasteiger partial charge in [-0.15, -0.1) is 0 Å². The van der Waals surface area contributed by atoms with Crippen LogP contribution in [0.3, 0.4) is 0 Å². The molecule has 20 heteroatoms. The first-order valence-corrected chi connectivity index (χ1v) is 29.7. The first-order chi connectivity index (χ1) is 38.2. The number of ketones is 2. The van der Waals surface area contributed by atoms with Crippen LogP contribution in [0.15, 0.2) is 143 Å². The third-order valence-corrected chi connectivity index (χ3v) is 21.5. The number of nitrogens with zero attached hydrogens (tertiary/aromatic N) is 10. The third kappa shape index (κ3) is 9.68. The van der Waals surface area contributed by atoms with Gasteiger partial charge >= 0.3 is 0 Å². The molecule has 6 aromatic heterocycles. The molecule has 4 aliphatic rings. The lowest BCUT2D eigenvalue weighted by Crippen LogP contribution is -2.45. The highest BCUT2D eigenvalue weighted by Gasteiger charge is 2.53. The van der Waals surface area contributed by atoms with E-state index in [1.165, 1.54) is 58.4 Å². The van der Waals surface area contributed by atoms with Crippen LogP contribution in [-0.2, 0) is 46.6 Å². The second-order valence-electron chi connectivity index (χ2n) is 22.0. The number of allylic oxidation sites excluding steroid dienone is 2. The number of halogens is 2. The van der Waals surface area contributed by atoms with Crippen molar-refractivity contribution in [1.29, 1.82) is 0 Å². The fraction of sp³-hybridized carbons (Fsp3) is 0.333. The van der Waals surface area contributed by atoms with E-state index in [-0.39, 0.29) is 44.8 Å². The molecule has 412 valence electrons. The van der Waals surface area contributed by atoms with Crippen molar-refractivity contribution in [2.75, 3.05) is 0 Å². The van der Waals surface area contributed by atoms with Crippen molar-refractivity contribution in [3.05, 3.63) is 190 Å². The molecule has 0 amide bonds. The predicted octanol–water partition coefficient (Wildman–Crippen LogP) is 9.84. The van der Waals surface area contributed by atoms with E-state index in [9.17, 15) is 35.2 Å². The second kappa shape index (κ2) is 20.7. The van der Waals surface area contributed by atoms with Crippen LogP contribution in [-0.4, -0.2) is 88.0 Å². The molecule has 6 heterocycles. The van der Waals surface area contributed by atoms with Crippen LogP contribution in [0.5, 0.6) is 0 Å². The van der Waals surface area contributed by atoms with Gasteiger partial charge in [-0.25, -0.2) is 35.0 Å². The van der Waals surface area contributed by atoms with Crippen LogP contribution in [0, 0.1) is 48.1 Å². The Morgan fingerprint density at radius 2 is 0.963 bits per heavy atom. The van der Waals surface area contributed by atoms with Crippen molar-refractivity contribution in [2.45, 2.75) is 99.4 Å². The van der Waals surface area contributed by atoms with E-state index in [1.54, 1.807) is 98.5 Å². The molecule has 2 fully saturated rings. The average molecular weight is 1120 g/mol. The summed E-state index contributed by atoms with van der Waals surface area (Å²) in [7, 11) is -3.92. The fourth-order valence-corrected chi connectivity index (χ4v) is 15.8. The number of hydrogen-bond donors (Lipinski definition) is 0. The zero-order chi connectivity index (χ0) is 56.5. The molecule has 12 rings (SSSR count). The number of benzene rings is 2. The zero-order valence-electron chi connectivity index (χ0n) is 45.2. The Bertz CT molecular complexity index is 3770. The maximum atomic E-state index is 14.4. The molecular weight excluding hydrogens is 1060 g/mol. The van der Waals surface area contributed by atoms with Crippen molar-refractivity contribution in [1.82, 2.24) is 49.1 Å². The Balaban J connectivity index is 0.000000169. The smallest absolute Gasteiger partial charge is 0.191 e. The number of aromatic nitrogens is 10. The Morgan fingerprint density at radius 1 is 0.575 bits per heavy atom. The first-order valence-electron chi connectivity index (χ1n) is 26.6. The van der Waals surface area contributed by atoms with Crippen molar-refractivity contribution < 1.29 is 35.2 Å². The number of fused-ring (bicyclic) bond motifs is 4. The van der Waals surface area contributed by atoms with E-state index in [4.69, 9.17) is 0 Å². The molecular formula is C60H60F2N10O6S2. The number of carbonyl (C=O) groups is 2. The zero-order valence-corrected chi connectivity index (χ0v) is 46.8. The molecule has 0 spiro atoms. The number of rotatable bonds is 12. The largest absolute Gasteiger partial charge is 0.291 e. The number of carbonyl (C=O) groups excluding carboxylic acids is 2. The van der Waals surface area contributed by atoms with Gasteiger partial charge < -0.3 is 0 Å². The molecule has 2 saturated carbocycles. The van der Waals surface area contributed by atoms with E-state index >= 15 is 0 Å². The molecule has 0 radical (unpaired) electrons. The van der Waals surface area contributed by atoms with Crippen LogP contribution in [0.2, 0.25) is 0 Å². The van der Waals surface area contributed by atoms with Crippen molar-refractivity contribution in [3.8, 4) is 11.4 Å². The van der Waals surface area contributed by atoms with E-state index in [0.29, 0.717) is 62.8 Å². The molecule has 6 atom stereocenters. The van der Waals surface area contributed by atoms with Gasteiger partial charge in [-0.1, -0.05) is 11.1 Å². The minimum atomic E-state index is -3.65. The van der Waals surface area contributed by atoms with Crippen LogP contribution >= 0.6 is 0 Å². The minimum absolute atomic E-state index is 0.0988. The Kier molecular flexibility index (Phi) is 14.0. The molecule has 0 aliphatic heterocycles. The average Bonchev–Trinajstić information content (AvgIpc) is 4.30.